The second-order valence-corrected chi connectivity index (χ2v) is 4.90. The lowest BCUT2D eigenvalue weighted by atomic mass is 10.1. The van der Waals surface area contributed by atoms with Crippen molar-refractivity contribution in [2.75, 3.05) is 0 Å². The summed E-state index contributed by atoms with van der Waals surface area (Å²) in [6.07, 6.45) is 1.03. The smallest absolute Gasteiger partial charge is 0.349 e. The highest BCUT2D eigenvalue weighted by molar-refractivity contribution is 5.98. The highest BCUT2D eigenvalue weighted by atomic mass is 16.6. The van der Waals surface area contributed by atoms with Gasteiger partial charge in [-0.05, 0) is 23.3 Å². The number of nitro groups is 1. The van der Waals surface area contributed by atoms with E-state index in [4.69, 9.17) is 10.00 Å². The second kappa shape index (κ2) is 7.61. The van der Waals surface area contributed by atoms with Crippen LogP contribution in [0, 0.1) is 21.4 Å². The van der Waals surface area contributed by atoms with Crippen LogP contribution in [0.1, 0.15) is 11.1 Å². The lowest BCUT2D eigenvalue weighted by Crippen LogP contribution is -2.06. The molecule has 0 aliphatic heterocycles. The van der Waals surface area contributed by atoms with E-state index in [0.717, 1.165) is 23.8 Å². The van der Waals surface area contributed by atoms with Gasteiger partial charge in [0.1, 0.15) is 18.2 Å². The number of esters is 1. The molecule has 8 nitrogen and oxygen atoms in total. The first-order valence-electron chi connectivity index (χ1n) is 6.95. The summed E-state index contributed by atoms with van der Waals surface area (Å²) in [5.41, 5.74) is -0.433. The number of hydrogen-bond acceptors (Lipinski definition) is 7. The van der Waals surface area contributed by atoms with Crippen LogP contribution in [0.25, 0.3) is 6.08 Å². The van der Waals surface area contributed by atoms with Gasteiger partial charge in [0.2, 0.25) is 5.75 Å². The van der Waals surface area contributed by atoms with Crippen molar-refractivity contribution < 1.29 is 24.7 Å². The molecule has 0 atom stereocenters. The van der Waals surface area contributed by atoms with Crippen LogP contribution in [0.2, 0.25) is 0 Å². The van der Waals surface area contributed by atoms with Crippen molar-refractivity contribution in [2.24, 2.45) is 0 Å². The number of aromatic hydroxyl groups is 2. The maximum atomic E-state index is 12.0. The number of ether oxygens (including phenoxy) is 1. The molecule has 0 aliphatic carbocycles. The number of phenolic OH excluding ortho intramolecular Hbond substituents is 2. The van der Waals surface area contributed by atoms with Gasteiger partial charge in [-0.25, -0.2) is 4.79 Å². The van der Waals surface area contributed by atoms with E-state index in [9.17, 15) is 25.1 Å². The number of hydrogen-bond donors (Lipinski definition) is 2. The summed E-state index contributed by atoms with van der Waals surface area (Å²) in [5.74, 6) is -2.55. The summed E-state index contributed by atoms with van der Waals surface area (Å²) in [7, 11) is 0. The number of carbonyl (C=O) groups excluding carboxylic acids is 1. The number of phenols is 2. The lowest BCUT2D eigenvalue weighted by Gasteiger charge is -2.05. The Morgan fingerprint density at radius 2 is 1.96 bits per heavy atom. The topological polar surface area (TPSA) is 134 Å². The number of carbonyl (C=O) groups is 1. The third kappa shape index (κ3) is 4.33. The summed E-state index contributed by atoms with van der Waals surface area (Å²) < 4.78 is 5.01. The summed E-state index contributed by atoms with van der Waals surface area (Å²) >= 11 is 0. The second-order valence-electron chi connectivity index (χ2n) is 4.90. The Labute approximate surface area is 142 Å². The molecule has 0 amide bonds. The van der Waals surface area contributed by atoms with Crippen LogP contribution in [0.4, 0.5) is 5.69 Å². The lowest BCUT2D eigenvalue weighted by molar-refractivity contribution is -0.386. The maximum absolute atomic E-state index is 12.0. The van der Waals surface area contributed by atoms with E-state index in [0.29, 0.717) is 0 Å². The van der Waals surface area contributed by atoms with Gasteiger partial charge in [-0.1, -0.05) is 30.3 Å². The van der Waals surface area contributed by atoms with Gasteiger partial charge in [0.25, 0.3) is 0 Å². The first-order valence-corrected chi connectivity index (χ1v) is 6.95. The van der Waals surface area contributed by atoms with Crippen LogP contribution in [0.5, 0.6) is 11.5 Å². The van der Waals surface area contributed by atoms with Crippen LogP contribution in [-0.2, 0) is 16.1 Å². The highest BCUT2D eigenvalue weighted by Gasteiger charge is 2.19. The highest BCUT2D eigenvalue weighted by Crippen LogP contribution is 2.36. The molecule has 8 heteroatoms. The van der Waals surface area contributed by atoms with Crippen molar-refractivity contribution in [3.05, 3.63) is 69.3 Å². The van der Waals surface area contributed by atoms with Crippen LogP contribution in [-0.4, -0.2) is 21.1 Å². The number of nitro benzene ring substituents is 1. The Hall–Kier alpha value is -3.86. The summed E-state index contributed by atoms with van der Waals surface area (Å²) in [6.45, 7) is -0.0420. The zero-order valence-electron chi connectivity index (χ0n) is 12.7. The number of benzene rings is 2. The molecule has 0 radical (unpaired) electrons. The largest absolute Gasteiger partial charge is 0.504 e. The fourth-order valence-corrected chi connectivity index (χ4v) is 1.95. The van der Waals surface area contributed by atoms with E-state index in [-0.39, 0.29) is 12.2 Å². The standard InChI is InChI=1S/C17H12N2O6/c18-9-13(17(22)25-10-11-4-2-1-3-5-11)6-12-7-14(19(23)24)16(21)15(20)8-12/h1-8,20-21H,10H2/b13-6+. The first kappa shape index (κ1) is 17.5. The normalized spacial score (nSPS) is 10.8. The van der Waals surface area contributed by atoms with Gasteiger partial charge in [-0.15, -0.1) is 0 Å². The van der Waals surface area contributed by atoms with Gasteiger partial charge in [-0.3, -0.25) is 10.1 Å². The van der Waals surface area contributed by atoms with E-state index in [1.165, 1.54) is 0 Å². The monoisotopic (exact) mass is 340 g/mol. The third-order valence-electron chi connectivity index (χ3n) is 3.15. The zero-order valence-corrected chi connectivity index (χ0v) is 12.7. The van der Waals surface area contributed by atoms with Crippen LogP contribution >= 0.6 is 0 Å². The minimum absolute atomic E-state index is 0.00443. The fraction of sp³-hybridized carbons (Fsp3) is 0.0588. The van der Waals surface area contributed by atoms with Gasteiger partial charge in [0, 0.05) is 6.07 Å². The average molecular weight is 340 g/mol. The van der Waals surface area contributed by atoms with Crippen molar-refractivity contribution in [3.63, 3.8) is 0 Å². The Morgan fingerprint density at radius 3 is 2.56 bits per heavy atom. The summed E-state index contributed by atoms with van der Waals surface area (Å²) in [4.78, 5) is 21.9. The van der Waals surface area contributed by atoms with Crippen molar-refractivity contribution in [3.8, 4) is 17.6 Å². The molecule has 2 N–H and O–H groups in total. The van der Waals surface area contributed by atoms with Gasteiger partial charge in [0.15, 0.2) is 5.75 Å². The molecule has 25 heavy (non-hydrogen) atoms. The number of rotatable bonds is 5. The molecule has 2 aromatic carbocycles. The number of nitriles is 1. The molecule has 2 rings (SSSR count). The van der Waals surface area contributed by atoms with Gasteiger partial charge < -0.3 is 14.9 Å². The van der Waals surface area contributed by atoms with Gasteiger partial charge in [-0.2, -0.15) is 5.26 Å². The molecule has 0 spiro atoms. The molecule has 0 aromatic heterocycles. The van der Waals surface area contributed by atoms with E-state index in [1.807, 2.05) is 0 Å². The van der Waals surface area contributed by atoms with Gasteiger partial charge >= 0.3 is 11.7 Å². The number of nitrogens with zero attached hydrogens (tertiary/aromatic N) is 2. The van der Waals surface area contributed by atoms with E-state index in [2.05, 4.69) is 0 Å². The quantitative estimate of drug-likeness (QED) is 0.213. The predicted molar refractivity (Wildman–Crippen MR) is 86.3 cm³/mol. The minimum Gasteiger partial charge on any atom is -0.504 e. The molecule has 0 saturated heterocycles. The van der Waals surface area contributed by atoms with Crippen LogP contribution in [0.3, 0.4) is 0 Å². The molecule has 0 aliphatic rings. The summed E-state index contributed by atoms with van der Waals surface area (Å²) in [6, 6.07) is 12.4. The zero-order chi connectivity index (χ0) is 18.4. The Balaban J connectivity index is 2.23. The molecular weight excluding hydrogens is 328 g/mol. The van der Waals surface area contributed by atoms with E-state index < -0.39 is 33.7 Å². The average Bonchev–Trinajstić information content (AvgIpc) is 2.61. The minimum atomic E-state index is -0.915. The maximum Gasteiger partial charge on any atom is 0.349 e. The molecule has 0 saturated carbocycles. The first-order chi connectivity index (χ1) is 11.9. The predicted octanol–water partition coefficient (Wildman–Crippen LogP) is 2.66. The molecule has 0 bridgehead atoms. The SMILES string of the molecule is N#C/C(=C\c1cc(O)c(O)c([N+](=O)[O-])c1)C(=O)OCc1ccccc1. The Morgan fingerprint density at radius 1 is 1.28 bits per heavy atom. The molecule has 2 aromatic rings. The molecular formula is C17H12N2O6. The van der Waals surface area contributed by atoms with Crippen molar-refractivity contribution in [1.29, 1.82) is 5.26 Å². The Kier molecular flexibility index (Phi) is 5.32. The Bertz CT molecular complexity index is 884. The van der Waals surface area contributed by atoms with Crippen molar-refractivity contribution in [1.82, 2.24) is 0 Å². The van der Waals surface area contributed by atoms with Crippen LogP contribution in [0.15, 0.2) is 48.0 Å². The van der Waals surface area contributed by atoms with Crippen molar-refractivity contribution >= 4 is 17.7 Å². The molecule has 0 heterocycles. The molecule has 126 valence electrons. The third-order valence-corrected chi connectivity index (χ3v) is 3.15. The van der Waals surface area contributed by atoms with Gasteiger partial charge in [0.05, 0.1) is 4.92 Å². The van der Waals surface area contributed by atoms with Crippen LogP contribution < -0.4 is 0 Å². The summed E-state index contributed by atoms with van der Waals surface area (Å²) in [5, 5.41) is 38.9. The fourth-order valence-electron chi connectivity index (χ4n) is 1.95. The molecule has 0 fully saturated rings. The molecule has 0 unspecified atom stereocenters. The van der Waals surface area contributed by atoms with E-state index >= 15 is 0 Å². The van der Waals surface area contributed by atoms with Crippen molar-refractivity contribution in [2.45, 2.75) is 6.61 Å². The van der Waals surface area contributed by atoms with E-state index in [1.54, 1.807) is 36.4 Å².